The van der Waals surface area contributed by atoms with Gasteiger partial charge in [0.1, 0.15) is 0 Å². The molecule has 0 aliphatic heterocycles. The Morgan fingerprint density at radius 3 is 2.38 bits per heavy atom. The van der Waals surface area contributed by atoms with Crippen LogP contribution < -0.4 is 0 Å². The zero-order chi connectivity index (χ0) is 5.78. The van der Waals surface area contributed by atoms with E-state index in [4.69, 9.17) is 0 Å². The summed E-state index contributed by atoms with van der Waals surface area (Å²) in [7, 11) is 0. The first-order valence-corrected chi connectivity index (χ1v) is 5.21. The predicted molar refractivity (Wildman–Crippen MR) is 41.6 cm³/mol. The maximum Gasteiger partial charge on any atom is 0.00939 e. The molecule has 0 aromatic heterocycles. The number of alkyl halides is 2. The van der Waals surface area contributed by atoms with Crippen molar-refractivity contribution < 1.29 is 0 Å². The molecule has 2 aliphatic carbocycles. The fourth-order valence-corrected chi connectivity index (χ4v) is 3.82. The second-order valence-corrected chi connectivity index (χ2v) is 4.15. The van der Waals surface area contributed by atoms with E-state index >= 15 is 0 Å². The van der Waals surface area contributed by atoms with Crippen LogP contribution in [-0.4, -0.2) is 10.7 Å². The first kappa shape index (κ1) is 5.72. The van der Waals surface area contributed by atoms with Gasteiger partial charge in [-0.15, -0.1) is 0 Å². The van der Waals surface area contributed by atoms with Crippen molar-refractivity contribution in [2.75, 3.05) is 10.7 Å². The van der Waals surface area contributed by atoms with E-state index < -0.39 is 0 Å². The van der Waals surface area contributed by atoms with Crippen LogP contribution in [0.25, 0.3) is 0 Å². The molecule has 8 heavy (non-hydrogen) atoms. The first-order valence-electron chi connectivity index (χ1n) is 2.97. The van der Waals surface area contributed by atoms with Crippen LogP contribution in [0.1, 0.15) is 6.42 Å². The molecule has 2 rings (SSSR count). The lowest BCUT2D eigenvalue weighted by atomic mass is 10.1. The minimum Gasteiger partial charge on any atom is -0.0925 e. The second-order valence-electron chi connectivity index (χ2n) is 2.94. The summed E-state index contributed by atoms with van der Waals surface area (Å²) >= 11 is 7.04. The highest BCUT2D eigenvalue weighted by Gasteiger charge is 2.76. The highest BCUT2D eigenvalue weighted by molar-refractivity contribution is 9.09. The van der Waals surface area contributed by atoms with Crippen LogP contribution in [0.15, 0.2) is 0 Å². The molecule has 2 aliphatic rings. The normalized spacial score (nSPS) is 57.8. The molecule has 2 fully saturated rings. The Kier molecular flexibility index (Phi) is 1.08. The molecule has 0 N–H and O–H groups in total. The lowest BCUT2D eigenvalue weighted by molar-refractivity contribution is 0.583. The fraction of sp³-hybridized carbons (Fsp3) is 1.00. The van der Waals surface area contributed by atoms with E-state index in [0.29, 0.717) is 0 Å². The van der Waals surface area contributed by atoms with Crippen LogP contribution in [0.5, 0.6) is 0 Å². The Balaban J connectivity index is 1.97. The van der Waals surface area contributed by atoms with Gasteiger partial charge in [-0.05, 0) is 23.7 Å². The van der Waals surface area contributed by atoms with Crippen molar-refractivity contribution in [1.29, 1.82) is 0 Å². The van der Waals surface area contributed by atoms with E-state index in [-0.39, 0.29) is 0 Å². The van der Waals surface area contributed by atoms with Crippen molar-refractivity contribution in [3.8, 4) is 0 Å². The number of halogens is 2. The summed E-state index contributed by atoms with van der Waals surface area (Å²) in [5.41, 5.74) is 0.795. The Morgan fingerprint density at radius 2 is 2.25 bits per heavy atom. The number of hydrogen-bond acceptors (Lipinski definition) is 0. The highest BCUT2D eigenvalue weighted by Crippen LogP contribution is 2.80. The third kappa shape index (κ3) is 0.469. The quantitative estimate of drug-likeness (QED) is 0.650. The van der Waals surface area contributed by atoms with Crippen LogP contribution >= 0.6 is 31.9 Å². The number of rotatable bonds is 2. The third-order valence-corrected chi connectivity index (χ3v) is 4.45. The lowest BCUT2D eigenvalue weighted by Crippen LogP contribution is -2.00. The molecule has 3 unspecified atom stereocenters. The largest absolute Gasteiger partial charge is 0.0925 e. The Hall–Kier alpha value is 0.960. The minimum absolute atomic E-state index is 0.795. The molecular formula is C6H8Br2. The SMILES string of the molecule is BrCC1C2CC12CBr. The van der Waals surface area contributed by atoms with E-state index in [0.717, 1.165) is 17.3 Å². The minimum atomic E-state index is 0.795. The smallest absolute Gasteiger partial charge is 0.00939 e. The fourth-order valence-electron chi connectivity index (χ4n) is 1.67. The zero-order valence-electron chi connectivity index (χ0n) is 4.53. The van der Waals surface area contributed by atoms with E-state index in [1.54, 1.807) is 0 Å². The topological polar surface area (TPSA) is 0 Å². The van der Waals surface area contributed by atoms with Crippen molar-refractivity contribution in [1.82, 2.24) is 0 Å². The van der Waals surface area contributed by atoms with Crippen LogP contribution in [0.4, 0.5) is 0 Å². The van der Waals surface area contributed by atoms with Gasteiger partial charge < -0.3 is 0 Å². The maximum atomic E-state index is 3.53. The molecule has 0 saturated heterocycles. The molecule has 0 nitrogen and oxygen atoms in total. The summed E-state index contributed by atoms with van der Waals surface area (Å²) in [5, 5.41) is 2.46. The van der Waals surface area contributed by atoms with Crippen molar-refractivity contribution in [2.24, 2.45) is 17.3 Å². The van der Waals surface area contributed by atoms with E-state index in [1.807, 2.05) is 0 Å². The summed E-state index contributed by atoms with van der Waals surface area (Å²) in [5.74, 6) is 2.13. The molecule has 2 heteroatoms. The average Bonchev–Trinajstić information content (AvgIpc) is 2.51. The molecule has 0 bridgehead atoms. The molecular weight excluding hydrogens is 232 g/mol. The van der Waals surface area contributed by atoms with Gasteiger partial charge in [0, 0.05) is 10.7 Å². The Labute approximate surface area is 66.3 Å². The number of hydrogen-bond donors (Lipinski definition) is 0. The molecule has 0 heterocycles. The maximum absolute atomic E-state index is 3.53. The molecule has 0 aromatic rings. The highest BCUT2D eigenvalue weighted by atomic mass is 79.9. The monoisotopic (exact) mass is 238 g/mol. The molecule has 0 amide bonds. The lowest BCUT2D eigenvalue weighted by Gasteiger charge is -2.02. The van der Waals surface area contributed by atoms with E-state index in [1.165, 1.54) is 17.1 Å². The predicted octanol–water partition coefficient (Wildman–Crippen LogP) is 2.41. The summed E-state index contributed by atoms with van der Waals surface area (Å²) in [6.07, 6.45) is 1.49. The van der Waals surface area contributed by atoms with Gasteiger partial charge in [-0.25, -0.2) is 0 Å². The van der Waals surface area contributed by atoms with Crippen molar-refractivity contribution in [3.63, 3.8) is 0 Å². The molecule has 0 spiro atoms. The summed E-state index contributed by atoms with van der Waals surface area (Å²) in [6.45, 7) is 0. The Morgan fingerprint density at radius 1 is 1.50 bits per heavy atom. The van der Waals surface area contributed by atoms with Gasteiger partial charge >= 0.3 is 0 Å². The van der Waals surface area contributed by atoms with Crippen LogP contribution in [-0.2, 0) is 0 Å². The van der Waals surface area contributed by atoms with Crippen LogP contribution in [0.3, 0.4) is 0 Å². The van der Waals surface area contributed by atoms with Crippen LogP contribution in [0.2, 0.25) is 0 Å². The van der Waals surface area contributed by atoms with Gasteiger partial charge in [0.25, 0.3) is 0 Å². The first-order chi connectivity index (χ1) is 3.85. The van der Waals surface area contributed by atoms with Gasteiger partial charge in [0.2, 0.25) is 0 Å². The number of fused-ring (bicyclic) bond motifs is 1. The molecule has 2 saturated carbocycles. The summed E-state index contributed by atoms with van der Waals surface area (Å²) in [6, 6.07) is 0. The van der Waals surface area contributed by atoms with Gasteiger partial charge in [0.15, 0.2) is 0 Å². The zero-order valence-corrected chi connectivity index (χ0v) is 7.70. The average molecular weight is 240 g/mol. The molecule has 0 radical (unpaired) electrons. The van der Waals surface area contributed by atoms with Gasteiger partial charge in [0.05, 0.1) is 0 Å². The Bertz CT molecular complexity index is 124. The van der Waals surface area contributed by atoms with Crippen molar-refractivity contribution in [2.45, 2.75) is 6.42 Å². The van der Waals surface area contributed by atoms with E-state index in [2.05, 4.69) is 31.9 Å². The van der Waals surface area contributed by atoms with Crippen molar-refractivity contribution >= 4 is 31.9 Å². The van der Waals surface area contributed by atoms with Gasteiger partial charge in [-0.2, -0.15) is 0 Å². The van der Waals surface area contributed by atoms with Crippen LogP contribution in [0, 0.1) is 17.3 Å². The molecule has 0 aromatic carbocycles. The third-order valence-electron chi connectivity index (χ3n) is 2.71. The van der Waals surface area contributed by atoms with Gasteiger partial charge in [-0.3, -0.25) is 0 Å². The molecule has 3 atom stereocenters. The summed E-state index contributed by atoms with van der Waals surface area (Å²) in [4.78, 5) is 0. The molecule has 46 valence electrons. The summed E-state index contributed by atoms with van der Waals surface area (Å²) < 4.78 is 0. The standard InChI is InChI=1S/C6H8Br2/c7-2-5-4-1-6(4,5)3-8/h4-5H,1-3H2. The van der Waals surface area contributed by atoms with Crippen molar-refractivity contribution in [3.05, 3.63) is 0 Å². The van der Waals surface area contributed by atoms with Gasteiger partial charge in [-0.1, -0.05) is 31.9 Å². The van der Waals surface area contributed by atoms with E-state index in [9.17, 15) is 0 Å². The second kappa shape index (κ2) is 1.51.